The summed E-state index contributed by atoms with van der Waals surface area (Å²) in [5.74, 6) is -0.977. The fourth-order valence-corrected chi connectivity index (χ4v) is 2.01. The summed E-state index contributed by atoms with van der Waals surface area (Å²) in [7, 11) is 0. The molecule has 0 bridgehead atoms. The number of amides is 2. The molecule has 27 heavy (non-hydrogen) atoms. The number of halogens is 2. The average Bonchev–Trinajstić information content (AvgIpc) is 2.65. The van der Waals surface area contributed by atoms with Gasteiger partial charge in [0.1, 0.15) is 13.2 Å². The van der Waals surface area contributed by atoms with Gasteiger partial charge in [-0.25, -0.2) is 10.9 Å². The van der Waals surface area contributed by atoms with E-state index in [0.717, 1.165) is 11.1 Å². The first-order chi connectivity index (χ1) is 13.0. The molecule has 2 N–H and O–H groups in total. The maximum absolute atomic E-state index is 11.6. The Hall–Kier alpha value is -2.74. The van der Waals surface area contributed by atoms with E-state index < -0.39 is 11.8 Å². The van der Waals surface area contributed by atoms with Crippen LogP contribution in [0.5, 0.6) is 0 Å². The van der Waals surface area contributed by atoms with E-state index in [1.807, 2.05) is 0 Å². The number of hydrogen-bond acceptors (Lipinski definition) is 5. The van der Waals surface area contributed by atoms with Crippen LogP contribution in [0.15, 0.2) is 58.7 Å². The van der Waals surface area contributed by atoms with Gasteiger partial charge < -0.3 is 4.74 Å². The number of benzene rings is 2. The monoisotopic (exact) mass is 406 g/mol. The van der Waals surface area contributed by atoms with Gasteiger partial charge in [0.05, 0.1) is 12.4 Å². The second kappa shape index (κ2) is 11.1. The van der Waals surface area contributed by atoms with Crippen molar-refractivity contribution in [3.63, 3.8) is 0 Å². The van der Waals surface area contributed by atoms with Crippen molar-refractivity contribution in [1.82, 2.24) is 10.9 Å². The maximum atomic E-state index is 11.6. The molecule has 7 nitrogen and oxygen atoms in total. The van der Waals surface area contributed by atoms with Gasteiger partial charge in [0.25, 0.3) is 11.8 Å². The first-order valence-electron chi connectivity index (χ1n) is 7.75. The highest BCUT2D eigenvalue weighted by atomic mass is 35.5. The Morgan fingerprint density at radius 1 is 0.778 bits per heavy atom. The van der Waals surface area contributed by atoms with Gasteiger partial charge in [-0.1, -0.05) is 47.5 Å². The minimum Gasteiger partial charge on any atom is -0.362 e. The van der Waals surface area contributed by atoms with Crippen molar-refractivity contribution in [3.8, 4) is 0 Å². The molecule has 140 valence electrons. The van der Waals surface area contributed by atoms with Crippen LogP contribution in [0.25, 0.3) is 0 Å². The summed E-state index contributed by atoms with van der Waals surface area (Å²) in [6, 6.07) is 13.9. The number of ether oxygens (including phenoxy) is 1. The highest BCUT2D eigenvalue weighted by Gasteiger charge is 2.03. The normalized spacial score (nSPS) is 11.0. The van der Waals surface area contributed by atoms with Crippen LogP contribution in [-0.4, -0.2) is 37.5 Å². The average molecular weight is 407 g/mol. The maximum Gasteiger partial charge on any atom is 0.266 e. The molecule has 0 saturated heterocycles. The molecule has 2 amide bonds. The molecule has 0 atom stereocenters. The molecule has 0 spiro atoms. The summed E-state index contributed by atoms with van der Waals surface area (Å²) in [5.41, 5.74) is 6.13. The molecular weight excluding hydrogens is 391 g/mol. The SMILES string of the molecule is O=C(COCC(=O)N/N=C\c1ccc(Cl)cc1)NN=Cc1ccc(Cl)cc1. The van der Waals surface area contributed by atoms with E-state index in [1.165, 1.54) is 12.4 Å². The highest BCUT2D eigenvalue weighted by molar-refractivity contribution is 6.30. The standard InChI is InChI=1S/C18H16Cl2N4O3/c19-15-5-1-13(2-6-15)9-21-23-17(25)11-27-12-18(26)24-22-10-14-3-7-16(20)8-4-14/h1-10H,11-12H2,(H,23,25)(H,24,26)/b21-9-,22-10?. The van der Waals surface area contributed by atoms with Crippen molar-refractivity contribution in [2.24, 2.45) is 10.2 Å². The number of nitrogens with zero attached hydrogens (tertiary/aromatic N) is 2. The summed E-state index contributed by atoms with van der Waals surface area (Å²) < 4.78 is 4.99. The molecule has 0 aliphatic carbocycles. The van der Waals surface area contributed by atoms with Crippen LogP contribution in [0.1, 0.15) is 11.1 Å². The largest absolute Gasteiger partial charge is 0.362 e. The Morgan fingerprint density at radius 2 is 1.15 bits per heavy atom. The number of nitrogens with one attached hydrogen (secondary N) is 2. The van der Waals surface area contributed by atoms with E-state index in [4.69, 9.17) is 27.9 Å². The third-order valence-electron chi connectivity index (χ3n) is 3.01. The number of rotatable bonds is 8. The minimum atomic E-state index is -0.488. The van der Waals surface area contributed by atoms with Gasteiger partial charge in [-0.2, -0.15) is 10.2 Å². The van der Waals surface area contributed by atoms with Crippen LogP contribution >= 0.6 is 23.2 Å². The van der Waals surface area contributed by atoms with Crippen molar-refractivity contribution in [3.05, 3.63) is 69.7 Å². The lowest BCUT2D eigenvalue weighted by Gasteiger charge is -2.02. The van der Waals surface area contributed by atoms with E-state index in [-0.39, 0.29) is 13.2 Å². The van der Waals surface area contributed by atoms with Gasteiger partial charge >= 0.3 is 0 Å². The summed E-state index contributed by atoms with van der Waals surface area (Å²) in [6.07, 6.45) is 2.93. The van der Waals surface area contributed by atoms with E-state index in [1.54, 1.807) is 48.5 Å². The Balaban J connectivity index is 1.61. The number of carbonyl (C=O) groups is 2. The summed E-state index contributed by atoms with van der Waals surface area (Å²) >= 11 is 11.5. The van der Waals surface area contributed by atoms with Crippen molar-refractivity contribution < 1.29 is 14.3 Å². The van der Waals surface area contributed by atoms with E-state index in [0.29, 0.717) is 10.0 Å². The molecule has 2 aromatic carbocycles. The summed E-state index contributed by atoms with van der Waals surface area (Å²) in [5, 5.41) is 8.78. The van der Waals surface area contributed by atoms with Gasteiger partial charge in [0, 0.05) is 10.0 Å². The first-order valence-corrected chi connectivity index (χ1v) is 8.51. The molecule has 0 fully saturated rings. The molecule has 0 radical (unpaired) electrons. The van der Waals surface area contributed by atoms with Gasteiger partial charge in [0.15, 0.2) is 0 Å². The molecular formula is C18H16Cl2N4O3. The van der Waals surface area contributed by atoms with Crippen molar-refractivity contribution in [2.45, 2.75) is 0 Å². The highest BCUT2D eigenvalue weighted by Crippen LogP contribution is 2.08. The van der Waals surface area contributed by atoms with E-state index in [2.05, 4.69) is 21.1 Å². The zero-order valence-electron chi connectivity index (χ0n) is 14.1. The predicted molar refractivity (Wildman–Crippen MR) is 105 cm³/mol. The van der Waals surface area contributed by atoms with Crippen LogP contribution in [0.2, 0.25) is 10.0 Å². The Kier molecular flexibility index (Phi) is 8.44. The van der Waals surface area contributed by atoms with Gasteiger partial charge in [-0.3, -0.25) is 9.59 Å². The van der Waals surface area contributed by atoms with Crippen LogP contribution in [0, 0.1) is 0 Å². The van der Waals surface area contributed by atoms with Crippen molar-refractivity contribution >= 4 is 47.4 Å². The minimum absolute atomic E-state index is 0.313. The molecule has 0 saturated carbocycles. The topological polar surface area (TPSA) is 92.2 Å². The summed E-state index contributed by atoms with van der Waals surface area (Å²) in [4.78, 5) is 23.1. The fourth-order valence-electron chi connectivity index (χ4n) is 1.76. The zero-order valence-corrected chi connectivity index (χ0v) is 15.6. The first kappa shape index (κ1) is 20.6. The molecule has 2 aromatic rings. The smallest absolute Gasteiger partial charge is 0.266 e. The molecule has 0 unspecified atom stereocenters. The Morgan fingerprint density at radius 3 is 1.52 bits per heavy atom. The lowest BCUT2D eigenvalue weighted by atomic mass is 10.2. The summed E-state index contributed by atoms with van der Waals surface area (Å²) in [6.45, 7) is -0.626. The van der Waals surface area contributed by atoms with Crippen LogP contribution < -0.4 is 10.9 Å². The molecule has 0 aliphatic heterocycles. The van der Waals surface area contributed by atoms with Crippen LogP contribution in [0.3, 0.4) is 0 Å². The fraction of sp³-hybridized carbons (Fsp3) is 0.111. The van der Waals surface area contributed by atoms with Gasteiger partial charge in [-0.15, -0.1) is 0 Å². The van der Waals surface area contributed by atoms with Crippen molar-refractivity contribution in [1.29, 1.82) is 0 Å². The van der Waals surface area contributed by atoms with Crippen LogP contribution in [-0.2, 0) is 14.3 Å². The Labute approximate surface area is 166 Å². The van der Waals surface area contributed by atoms with E-state index in [9.17, 15) is 9.59 Å². The second-order valence-electron chi connectivity index (χ2n) is 5.18. The van der Waals surface area contributed by atoms with Gasteiger partial charge in [-0.05, 0) is 35.4 Å². The number of hydrogen-bond donors (Lipinski definition) is 2. The molecule has 0 heterocycles. The van der Waals surface area contributed by atoms with E-state index >= 15 is 0 Å². The lowest BCUT2D eigenvalue weighted by molar-refractivity contribution is -0.130. The number of carbonyl (C=O) groups excluding carboxylic acids is 2. The van der Waals surface area contributed by atoms with Crippen LogP contribution in [0.4, 0.5) is 0 Å². The molecule has 2 rings (SSSR count). The molecule has 9 heteroatoms. The number of hydrazone groups is 2. The third kappa shape index (κ3) is 8.46. The quantitative estimate of drug-likeness (QED) is 0.521. The molecule has 0 aliphatic rings. The molecule has 0 aromatic heterocycles. The Bertz CT molecular complexity index is 752. The van der Waals surface area contributed by atoms with Gasteiger partial charge in [0.2, 0.25) is 0 Å². The lowest BCUT2D eigenvalue weighted by Crippen LogP contribution is -2.28. The second-order valence-corrected chi connectivity index (χ2v) is 6.06. The predicted octanol–water partition coefficient (Wildman–Crippen LogP) is 2.61. The zero-order chi connectivity index (χ0) is 19.5. The third-order valence-corrected chi connectivity index (χ3v) is 3.52. The van der Waals surface area contributed by atoms with Crippen molar-refractivity contribution in [2.75, 3.05) is 13.2 Å².